The molecule has 0 aliphatic carbocycles. The van der Waals surface area contributed by atoms with Crippen molar-refractivity contribution in [3.8, 4) is 0 Å². The summed E-state index contributed by atoms with van der Waals surface area (Å²) in [4.78, 5) is 16.8. The standard InChI is InChI=1S/C29H37N5O4/c1-19-13-23(21(3)24(14-19)17-33-12-10-30-20(2)16-33)15-26-31-32-28(38-26)27-25(35)9-11-34(27)29(36)37-18-22-7-5-4-6-8-22/h4-8,13-14,20,25,27,30,35H,9-12,15-18H2,1-3H3/t20-,25+,27-/m0/s1. The van der Waals surface area contributed by atoms with Crippen molar-refractivity contribution in [2.24, 2.45) is 0 Å². The van der Waals surface area contributed by atoms with Crippen molar-refractivity contribution in [2.45, 2.75) is 65.0 Å². The maximum Gasteiger partial charge on any atom is 0.410 e. The Hall–Kier alpha value is -3.27. The molecule has 9 heteroatoms. The zero-order valence-corrected chi connectivity index (χ0v) is 22.4. The van der Waals surface area contributed by atoms with Gasteiger partial charge in [0.2, 0.25) is 11.8 Å². The highest BCUT2D eigenvalue weighted by atomic mass is 16.6. The second kappa shape index (κ2) is 11.6. The van der Waals surface area contributed by atoms with Crippen LogP contribution in [0.2, 0.25) is 0 Å². The molecule has 5 rings (SSSR count). The van der Waals surface area contributed by atoms with Crippen LogP contribution in [0.1, 0.15) is 59.0 Å². The summed E-state index contributed by atoms with van der Waals surface area (Å²) in [6.07, 6.45) is -0.376. The highest BCUT2D eigenvalue weighted by molar-refractivity contribution is 5.68. The molecule has 202 valence electrons. The van der Waals surface area contributed by atoms with E-state index in [1.165, 1.54) is 21.6 Å². The summed E-state index contributed by atoms with van der Waals surface area (Å²) >= 11 is 0. The van der Waals surface area contributed by atoms with E-state index in [1.807, 2.05) is 30.3 Å². The van der Waals surface area contributed by atoms with Gasteiger partial charge < -0.3 is 19.6 Å². The third-order valence-corrected chi connectivity index (χ3v) is 7.50. The average molecular weight is 520 g/mol. The number of ether oxygens (including phenoxy) is 1. The van der Waals surface area contributed by atoms with Gasteiger partial charge in [-0.1, -0.05) is 48.0 Å². The Kier molecular flexibility index (Phi) is 8.06. The van der Waals surface area contributed by atoms with Gasteiger partial charge in [-0.15, -0.1) is 10.2 Å². The minimum atomic E-state index is -0.790. The van der Waals surface area contributed by atoms with Gasteiger partial charge in [0.25, 0.3) is 0 Å². The van der Waals surface area contributed by atoms with Crippen LogP contribution in [0.25, 0.3) is 0 Å². The zero-order valence-electron chi connectivity index (χ0n) is 22.4. The Bertz CT molecular complexity index is 1250. The van der Waals surface area contributed by atoms with E-state index in [1.54, 1.807) is 0 Å². The molecule has 9 nitrogen and oxygen atoms in total. The van der Waals surface area contributed by atoms with E-state index in [4.69, 9.17) is 9.15 Å². The molecule has 1 aromatic heterocycles. The lowest BCUT2D eigenvalue weighted by atomic mass is 9.96. The van der Waals surface area contributed by atoms with Crippen LogP contribution < -0.4 is 5.32 Å². The van der Waals surface area contributed by atoms with E-state index in [9.17, 15) is 9.90 Å². The molecule has 38 heavy (non-hydrogen) atoms. The van der Waals surface area contributed by atoms with E-state index >= 15 is 0 Å². The number of amides is 1. The Balaban J connectivity index is 1.27. The number of nitrogens with one attached hydrogen (secondary N) is 1. The number of aliphatic hydroxyl groups excluding tert-OH is 1. The molecule has 2 aliphatic heterocycles. The topological polar surface area (TPSA) is 104 Å². The number of nitrogens with zero attached hydrogens (tertiary/aromatic N) is 4. The Labute approximate surface area is 223 Å². The van der Waals surface area contributed by atoms with Gasteiger partial charge in [-0.3, -0.25) is 9.80 Å². The lowest BCUT2D eigenvalue weighted by Crippen LogP contribution is -2.48. The van der Waals surface area contributed by atoms with Gasteiger partial charge >= 0.3 is 6.09 Å². The van der Waals surface area contributed by atoms with Gasteiger partial charge in [0, 0.05) is 38.8 Å². The second-order valence-corrected chi connectivity index (χ2v) is 10.5. The van der Waals surface area contributed by atoms with Crippen LogP contribution in [-0.2, 0) is 24.3 Å². The lowest BCUT2D eigenvalue weighted by Gasteiger charge is -2.32. The number of likely N-dealkylation sites (tertiary alicyclic amines) is 1. The van der Waals surface area contributed by atoms with Crippen molar-refractivity contribution >= 4 is 6.09 Å². The molecular formula is C29H37N5O4. The maximum atomic E-state index is 12.8. The number of aryl methyl sites for hydroxylation is 1. The van der Waals surface area contributed by atoms with Crippen LogP contribution in [0.3, 0.4) is 0 Å². The largest absolute Gasteiger partial charge is 0.445 e. The quantitative estimate of drug-likeness (QED) is 0.489. The van der Waals surface area contributed by atoms with E-state index in [2.05, 4.69) is 53.3 Å². The van der Waals surface area contributed by atoms with Gasteiger partial charge in [0.05, 0.1) is 12.5 Å². The number of hydrogen-bond acceptors (Lipinski definition) is 8. The van der Waals surface area contributed by atoms with Crippen molar-refractivity contribution in [3.63, 3.8) is 0 Å². The Morgan fingerprint density at radius 1 is 1.16 bits per heavy atom. The predicted molar refractivity (Wildman–Crippen MR) is 142 cm³/mol. The molecule has 1 amide bonds. The molecule has 2 fully saturated rings. The fraction of sp³-hybridized carbons (Fsp3) is 0.483. The van der Waals surface area contributed by atoms with Gasteiger partial charge in [-0.05, 0) is 49.4 Å². The molecule has 0 radical (unpaired) electrons. The molecular weight excluding hydrogens is 482 g/mol. The number of piperazine rings is 1. The first-order valence-electron chi connectivity index (χ1n) is 13.4. The van der Waals surface area contributed by atoms with Crippen LogP contribution in [0.4, 0.5) is 4.79 Å². The smallest absolute Gasteiger partial charge is 0.410 e. The average Bonchev–Trinajstić information content (AvgIpc) is 3.52. The van der Waals surface area contributed by atoms with E-state index in [0.717, 1.165) is 37.3 Å². The first kappa shape index (κ1) is 26.3. The van der Waals surface area contributed by atoms with Crippen LogP contribution in [0.15, 0.2) is 46.9 Å². The number of carbonyl (C=O) groups is 1. The van der Waals surface area contributed by atoms with Gasteiger partial charge in [0.15, 0.2) is 0 Å². The molecule has 0 spiro atoms. The zero-order chi connectivity index (χ0) is 26.6. The normalized spacial score (nSPS) is 22.1. The second-order valence-electron chi connectivity index (χ2n) is 10.5. The highest BCUT2D eigenvalue weighted by Gasteiger charge is 2.41. The van der Waals surface area contributed by atoms with Crippen LogP contribution >= 0.6 is 0 Å². The molecule has 0 saturated carbocycles. The molecule has 2 aromatic carbocycles. The van der Waals surface area contributed by atoms with Crippen molar-refractivity contribution in [1.82, 2.24) is 25.3 Å². The molecule has 3 atom stereocenters. The molecule has 2 aliphatic rings. The minimum absolute atomic E-state index is 0.163. The summed E-state index contributed by atoms with van der Waals surface area (Å²) in [6, 6.07) is 13.7. The van der Waals surface area contributed by atoms with Crippen molar-refractivity contribution in [2.75, 3.05) is 26.2 Å². The fourth-order valence-corrected chi connectivity index (χ4v) is 5.46. The van der Waals surface area contributed by atoms with Crippen LogP contribution in [-0.4, -0.2) is 69.5 Å². The number of aromatic nitrogens is 2. The molecule has 3 aromatic rings. The first-order valence-corrected chi connectivity index (χ1v) is 13.4. The Morgan fingerprint density at radius 3 is 2.74 bits per heavy atom. The third kappa shape index (κ3) is 6.06. The van der Waals surface area contributed by atoms with E-state index in [0.29, 0.717) is 31.3 Å². The summed E-state index contributed by atoms with van der Waals surface area (Å²) in [6.45, 7) is 11.0. The SMILES string of the molecule is Cc1cc(Cc2nnc([C@@H]3[C@H](O)CCN3C(=O)OCc3ccccc3)o2)c(C)c(CN2CCN[C@@H](C)C2)c1. The number of carbonyl (C=O) groups excluding carboxylic acids is 1. The van der Waals surface area contributed by atoms with E-state index in [-0.39, 0.29) is 12.5 Å². The first-order chi connectivity index (χ1) is 18.4. The molecule has 2 saturated heterocycles. The minimum Gasteiger partial charge on any atom is -0.445 e. The number of hydrogen-bond donors (Lipinski definition) is 2. The number of rotatable bonds is 7. The van der Waals surface area contributed by atoms with Gasteiger partial charge in [-0.25, -0.2) is 4.79 Å². The molecule has 0 bridgehead atoms. The van der Waals surface area contributed by atoms with Crippen molar-refractivity contribution in [3.05, 3.63) is 82.1 Å². The molecule has 0 unspecified atom stereocenters. The lowest BCUT2D eigenvalue weighted by molar-refractivity contribution is 0.0623. The fourth-order valence-electron chi connectivity index (χ4n) is 5.46. The predicted octanol–water partition coefficient (Wildman–Crippen LogP) is 3.52. The van der Waals surface area contributed by atoms with Gasteiger partial charge in [-0.2, -0.15) is 0 Å². The maximum absolute atomic E-state index is 12.8. The number of benzene rings is 2. The van der Waals surface area contributed by atoms with Gasteiger partial charge in [0.1, 0.15) is 12.6 Å². The summed E-state index contributed by atoms with van der Waals surface area (Å²) in [5, 5.41) is 22.7. The Morgan fingerprint density at radius 2 is 1.95 bits per heavy atom. The summed E-state index contributed by atoms with van der Waals surface area (Å²) in [5.41, 5.74) is 5.78. The summed E-state index contributed by atoms with van der Waals surface area (Å²) in [5.74, 6) is 0.703. The highest BCUT2D eigenvalue weighted by Crippen LogP contribution is 2.33. The van der Waals surface area contributed by atoms with Crippen LogP contribution in [0, 0.1) is 13.8 Å². The molecule has 2 N–H and O–H groups in total. The molecule has 3 heterocycles. The number of aliphatic hydroxyl groups is 1. The monoisotopic (exact) mass is 519 g/mol. The van der Waals surface area contributed by atoms with Crippen molar-refractivity contribution < 1.29 is 19.1 Å². The summed E-state index contributed by atoms with van der Waals surface area (Å²) in [7, 11) is 0. The third-order valence-electron chi connectivity index (χ3n) is 7.50. The van der Waals surface area contributed by atoms with Crippen molar-refractivity contribution in [1.29, 1.82) is 0 Å². The van der Waals surface area contributed by atoms with E-state index < -0.39 is 18.2 Å². The summed E-state index contributed by atoms with van der Waals surface area (Å²) < 4.78 is 11.5. The van der Waals surface area contributed by atoms with Crippen LogP contribution in [0.5, 0.6) is 0 Å².